The molecule has 2 amide bonds. The average molecular weight is 404 g/mol. The topological polar surface area (TPSA) is 128 Å². The molecule has 10 heteroatoms. The second-order valence-electron chi connectivity index (χ2n) is 7.08. The van der Waals surface area contributed by atoms with E-state index in [4.69, 9.17) is 0 Å². The minimum atomic E-state index is -0.473. The lowest BCUT2D eigenvalue weighted by molar-refractivity contribution is 0.241. The Balaban J connectivity index is 1.48. The van der Waals surface area contributed by atoms with E-state index in [1.807, 2.05) is 36.4 Å². The van der Waals surface area contributed by atoms with Gasteiger partial charge in [0.1, 0.15) is 17.3 Å². The number of nitrogens with zero attached hydrogens (tertiary/aromatic N) is 4. The molecule has 0 radical (unpaired) electrons. The van der Waals surface area contributed by atoms with E-state index in [0.29, 0.717) is 29.4 Å². The van der Waals surface area contributed by atoms with Gasteiger partial charge in [-0.05, 0) is 18.6 Å². The van der Waals surface area contributed by atoms with E-state index >= 15 is 0 Å². The van der Waals surface area contributed by atoms with Crippen molar-refractivity contribution in [3.63, 3.8) is 0 Å². The number of pyridine rings is 1. The molecule has 152 valence electrons. The molecule has 30 heavy (non-hydrogen) atoms. The Bertz CT molecular complexity index is 1250. The zero-order valence-corrected chi connectivity index (χ0v) is 16.1. The zero-order valence-electron chi connectivity index (χ0n) is 16.1. The van der Waals surface area contributed by atoms with Gasteiger partial charge in [0.25, 0.3) is 0 Å². The number of aliphatic hydroxyl groups excluding tert-OH is 1. The van der Waals surface area contributed by atoms with Crippen molar-refractivity contribution in [1.29, 1.82) is 0 Å². The van der Waals surface area contributed by atoms with Crippen LogP contribution < -0.4 is 21.3 Å². The largest absolute Gasteiger partial charge is 0.391 e. The number of hydrogen-bond acceptors (Lipinski definition) is 7. The fourth-order valence-corrected chi connectivity index (χ4v) is 3.30. The van der Waals surface area contributed by atoms with Crippen molar-refractivity contribution in [2.24, 2.45) is 0 Å². The second-order valence-corrected chi connectivity index (χ2v) is 7.08. The number of carbonyl (C=O) groups is 1. The number of aromatic nitrogens is 4. The van der Waals surface area contributed by atoms with Crippen LogP contribution in [0.4, 0.5) is 27.8 Å². The molecule has 0 saturated heterocycles. The van der Waals surface area contributed by atoms with Gasteiger partial charge in [-0.1, -0.05) is 18.2 Å². The summed E-state index contributed by atoms with van der Waals surface area (Å²) in [6.45, 7) is 0. The van der Waals surface area contributed by atoms with E-state index in [9.17, 15) is 9.90 Å². The van der Waals surface area contributed by atoms with Crippen LogP contribution in [0, 0.1) is 0 Å². The lowest BCUT2D eigenvalue weighted by atomic mass is 10.2. The molecule has 3 heterocycles. The molecule has 10 nitrogen and oxygen atoms in total. The first-order chi connectivity index (χ1) is 14.6. The van der Waals surface area contributed by atoms with Crippen LogP contribution in [-0.2, 0) is 0 Å². The van der Waals surface area contributed by atoms with Crippen LogP contribution in [0.15, 0.2) is 48.8 Å². The number of fused-ring (bicyclic) bond motifs is 2. The maximum absolute atomic E-state index is 12.2. The van der Waals surface area contributed by atoms with Gasteiger partial charge in [0.15, 0.2) is 5.65 Å². The van der Waals surface area contributed by atoms with Crippen LogP contribution >= 0.6 is 0 Å². The summed E-state index contributed by atoms with van der Waals surface area (Å²) in [6, 6.07) is 11.0. The number of aliphatic hydroxyl groups is 1. The fourth-order valence-electron chi connectivity index (χ4n) is 3.30. The van der Waals surface area contributed by atoms with Crippen molar-refractivity contribution in [2.45, 2.75) is 18.6 Å². The van der Waals surface area contributed by atoms with E-state index in [1.165, 1.54) is 6.20 Å². The summed E-state index contributed by atoms with van der Waals surface area (Å²) in [6.07, 6.45) is 3.38. The smallest absolute Gasteiger partial charge is 0.319 e. The number of benzene rings is 1. The highest BCUT2D eigenvalue weighted by atomic mass is 16.3. The Morgan fingerprint density at radius 1 is 1.23 bits per heavy atom. The lowest BCUT2D eigenvalue weighted by Gasteiger charge is -2.12. The Morgan fingerprint density at radius 2 is 2.07 bits per heavy atom. The normalized spacial score (nSPS) is 17.7. The van der Waals surface area contributed by atoms with E-state index < -0.39 is 12.1 Å². The van der Waals surface area contributed by atoms with E-state index in [-0.39, 0.29) is 6.04 Å². The van der Waals surface area contributed by atoms with E-state index in [1.54, 1.807) is 17.8 Å². The lowest BCUT2D eigenvalue weighted by Crippen LogP contribution is -2.32. The van der Waals surface area contributed by atoms with Crippen molar-refractivity contribution >= 4 is 45.6 Å². The van der Waals surface area contributed by atoms with Gasteiger partial charge in [-0.2, -0.15) is 9.61 Å². The van der Waals surface area contributed by atoms with Gasteiger partial charge in [0, 0.05) is 24.7 Å². The third-order valence-corrected chi connectivity index (χ3v) is 4.94. The molecule has 1 aliphatic carbocycles. The van der Waals surface area contributed by atoms with Gasteiger partial charge in [-0.25, -0.2) is 9.78 Å². The molecule has 1 aliphatic rings. The molecule has 0 aliphatic heterocycles. The van der Waals surface area contributed by atoms with Crippen molar-refractivity contribution in [3.8, 4) is 0 Å². The van der Waals surface area contributed by atoms with Crippen LogP contribution in [-0.4, -0.2) is 49.9 Å². The molecule has 1 fully saturated rings. The minimum absolute atomic E-state index is 0.205. The Morgan fingerprint density at radius 3 is 2.87 bits per heavy atom. The quantitative estimate of drug-likeness (QED) is 0.345. The molecule has 0 spiro atoms. The summed E-state index contributed by atoms with van der Waals surface area (Å²) < 4.78 is 1.61. The van der Waals surface area contributed by atoms with E-state index in [2.05, 4.69) is 36.3 Å². The molecule has 0 bridgehead atoms. The van der Waals surface area contributed by atoms with Crippen LogP contribution in [0.25, 0.3) is 16.6 Å². The summed E-state index contributed by atoms with van der Waals surface area (Å²) in [5.41, 5.74) is 2.59. The van der Waals surface area contributed by atoms with Crippen molar-refractivity contribution in [3.05, 3.63) is 48.8 Å². The number of urea groups is 1. The molecular formula is C20H20N8O2. The first kappa shape index (κ1) is 18.1. The Hall–Kier alpha value is -3.92. The van der Waals surface area contributed by atoms with Gasteiger partial charge >= 0.3 is 6.03 Å². The standard InChI is InChI=1S/C20H20N8O2/c1-21-17-9-16(24-12-6-2-4-11-5-3-7-22-18(11)12)27-19-14(10-23-28(17)19)26-20(30)25-13-8-15(13)29/h2-7,9-10,13,15,21,29H,8H2,1H3,(H,24,27)(H2,25,26,30). The summed E-state index contributed by atoms with van der Waals surface area (Å²) in [4.78, 5) is 21.3. The zero-order chi connectivity index (χ0) is 20.7. The Kier molecular flexibility index (Phi) is 4.32. The highest BCUT2D eigenvalue weighted by Crippen LogP contribution is 2.27. The van der Waals surface area contributed by atoms with Gasteiger partial charge in [-0.3, -0.25) is 4.98 Å². The molecule has 4 aromatic rings. The number of rotatable bonds is 5. The number of amides is 2. The molecule has 2 atom stereocenters. The molecular weight excluding hydrogens is 384 g/mol. The number of anilines is 4. The fraction of sp³-hybridized carbons (Fsp3) is 0.200. The van der Waals surface area contributed by atoms with Crippen molar-refractivity contribution < 1.29 is 9.90 Å². The summed E-state index contributed by atoms with van der Waals surface area (Å²) in [7, 11) is 1.79. The monoisotopic (exact) mass is 404 g/mol. The van der Waals surface area contributed by atoms with Gasteiger partial charge in [0.2, 0.25) is 0 Å². The van der Waals surface area contributed by atoms with Crippen LogP contribution in [0.3, 0.4) is 0 Å². The molecule has 2 unspecified atom stereocenters. The van der Waals surface area contributed by atoms with Crippen molar-refractivity contribution in [1.82, 2.24) is 24.9 Å². The van der Waals surface area contributed by atoms with Gasteiger partial charge < -0.3 is 26.4 Å². The predicted octanol–water partition coefficient (Wildman–Crippen LogP) is 2.32. The Labute approximate surface area is 171 Å². The third kappa shape index (κ3) is 3.33. The summed E-state index contributed by atoms with van der Waals surface area (Å²) in [5.74, 6) is 1.27. The highest BCUT2D eigenvalue weighted by molar-refractivity contribution is 5.94. The molecule has 3 aromatic heterocycles. The summed E-state index contributed by atoms with van der Waals surface area (Å²) in [5, 5.41) is 26.6. The van der Waals surface area contributed by atoms with Gasteiger partial charge in [0.05, 0.1) is 29.5 Å². The molecule has 5 rings (SSSR count). The molecule has 5 N–H and O–H groups in total. The second kappa shape index (κ2) is 7.16. The number of para-hydroxylation sites is 1. The van der Waals surface area contributed by atoms with E-state index in [0.717, 1.165) is 16.6 Å². The first-order valence-electron chi connectivity index (χ1n) is 9.55. The number of nitrogens with one attached hydrogen (secondary N) is 4. The maximum Gasteiger partial charge on any atom is 0.319 e. The number of hydrogen-bond donors (Lipinski definition) is 5. The molecule has 1 saturated carbocycles. The first-order valence-corrected chi connectivity index (χ1v) is 9.55. The van der Waals surface area contributed by atoms with Crippen molar-refractivity contribution in [2.75, 3.05) is 23.0 Å². The third-order valence-electron chi connectivity index (χ3n) is 4.94. The van der Waals surface area contributed by atoms with Crippen LogP contribution in [0.5, 0.6) is 0 Å². The van der Waals surface area contributed by atoms with Crippen LogP contribution in [0.2, 0.25) is 0 Å². The average Bonchev–Trinajstić information content (AvgIpc) is 3.29. The SMILES string of the molecule is CNc1cc(Nc2cccc3cccnc23)nc2c(NC(=O)NC3CC3O)cnn12. The summed E-state index contributed by atoms with van der Waals surface area (Å²) >= 11 is 0. The van der Waals surface area contributed by atoms with Gasteiger partial charge in [-0.15, -0.1) is 0 Å². The maximum atomic E-state index is 12.2. The minimum Gasteiger partial charge on any atom is -0.391 e. The van der Waals surface area contributed by atoms with Crippen LogP contribution in [0.1, 0.15) is 6.42 Å². The predicted molar refractivity (Wildman–Crippen MR) is 114 cm³/mol. The number of carbonyl (C=O) groups excluding carboxylic acids is 1. The molecule has 1 aromatic carbocycles. The highest BCUT2D eigenvalue weighted by Gasteiger charge is 2.36.